The van der Waals surface area contributed by atoms with Gasteiger partial charge in [-0.15, -0.1) is 0 Å². The van der Waals surface area contributed by atoms with Crippen LogP contribution in [0.3, 0.4) is 0 Å². The van der Waals surface area contributed by atoms with E-state index in [1.165, 1.54) is 82.1 Å². The molecule has 4 aromatic rings. The molecule has 0 bridgehead atoms. The number of aryl methyl sites for hydroxylation is 4. The summed E-state index contributed by atoms with van der Waals surface area (Å²) >= 11 is 0. The van der Waals surface area contributed by atoms with Crippen LogP contribution in [-0.2, 0) is 57.2 Å². The molecule has 0 atom stereocenters. The Kier molecular flexibility index (Phi) is 26.5. The highest BCUT2D eigenvalue weighted by molar-refractivity contribution is 5.92. The lowest BCUT2D eigenvalue weighted by atomic mass is 9.78. The first-order valence-electron chi connectivity index (χ1n) is 30.8. The summed E-state index contributed by atoms with van der Waals surface area (Å²) in [5.74, 6) is 1.77. The zero-order valence-corrected chi connectivity index (χ0v) is 53.0. The second kappa shape index (κ2) is 31.4. The van der Waals surface area contributed by atoms with Crippen LogP contribution in [0.5, 0.6) is 23.0 Å². The molecule has 0 aliphatic heterocycles. The predicted octanol–water partition coefficient (Wildman–Crippen LogP) is 18.5. The van der Waals surface area contributed by atoms with Gasteiger partial charge in [-0.2, -0.15) is 5.06 Å². The summed E-state index contributed by atoms with van der Waals surface area (Å²) < 4.78 is 13.2. The number of benzene rings is 4. The number of carbonyl (C=O) groups excluding carboxylic acids is 2. The highest BCUT2D eigenvalue weighted by Crippen LogP contribution is 2.42. The minimum atomic E-state index is -0.279. The average Bonchev–Trinajstić information content (AvgIpc) is 3.37. The van der Waals surface area contributed by atoms with Crippen LogP contribution in [0, 0.1) is 13.8 Å². The number of anilines is 2. The number of hydroxylamine groups is 2. The Morgan fingerprint density at radius 1 is 0.450 bits per heavy atom. The van der Waals surface area contributed by atoms with Gasteiger partial charge in [-0.3, -0.25) is 9.59 Å². The third-order valence-electron chi connectivity index (χ3n) is 15.3. The summed E-state index contributed by atoms with van der Waals surface area (Å²) in [6, 6.07) is 15.9. The van der Waals surface area contributed by atoms with E-state index in [1.807, 2.05) is 62.4 Å². The molecule has 0 aromatic heterocycles. The van der Waals surface area contributed by atoms with Crippen molar-refractivity contribution in [2.24, 2.45) is 0 Å². The van der Waals surface area contributed by atoms with Crippen LogP contribution >= 0.6 is 0 Å². The molecule has 0 radical (unpaired) electrons. The van der Waals surface area contributed by atoms with Gasteiger partial charge in [-0.25, -0.2) is 0 Å². The monoisotopic (exact) mass is 1100 g/mol. The Balaban J connectivity index is 1.61. The fraction of sp³-hybridized carbons (Fsp3) is 0.629. The van der Waals surface area contributed by atoms with E-state index in [0.717, 1.165) is 81.3 Å². The van der Waals surface area contributed by atoms with Gasteiger partial charge < -0.3 is 35.5 Å². The summed E-state index contributed by atoms with van der Waals surface area (Å²) in [7, 11) is 0. The lowest BCUT2D eigenvalue weighted by Gasteiger charge is -2.28. The number of carbonyl (C=O) groups is 2. The molecule has 0 aliphatic carbocycles. The van der Waals surface area contributed by atoms with Crippen molar-refractivity contribution >= 4 is 23.2 Å². The zero-order valence-electron chi connectivity index (χ0n) is 53.0. The van der Waals surface area contributed by atoms with Crippen LogP contribution in [0.15, 0.2) is 48.5 Å². The van der Waals surface area contributed by atoms with Crippen molar-refractivity contribution in [3.8, 4) is 23.0 Å². The van der Waals surface area contributed by atoms with Crippen LogP contribution in [0.1, 0.15) is 268 Å². The smallest absolute Gasteiger partial charge is 0.224 e. The normalized spacial score (nSPS) is 12.3. The Labute approximate surface area is 485 Å². The molecule has 4 aromatic carbocycles. The molecular formula is C70H109N3O7. The Bertz CT molecular complexity index is 2340. The topological polar surface area (TPSA) is 141 Å². The fourth-order valence-electron chi connectivity index (χ4n) is 10.7. The molecule has 5 N–H and O–H groups in total. The van der Waals surface area contributed by atoms with Gasteiger partial charge in [0, 0.05) is 35.3 Å². The van der Waals surface area contributed by atoms with E-state index in [4.69, 9.17) is 9.47 Å². The van der Waals surface area contributed by atoms with Crippen molar-refractivity contribution in [2.75, 3.05) is 23.8 Å². The van der Waals surface area contributed by atoms with E-state index in [0.29, 0.717) is 60.4 Å². The van der Waals surface area contributed by atoms with Crippen molar-refractivity contribution in [3.05, 3.63) is 104 Å². The molecule has 0 aliphatic rings. The van der Waals surface area contributed by atoms with Gasteiger partial charge in [0.25, 0.3) is 0 Å². The van der Waals surface area contributed by atoms with Crippen molar-refractivity contribution in [1.29, 1.82) is 0 Å². The first kappa shape index (κ1) is 67.4. The van der Waals surface area contributed by atoms with Crippen molar-refractivity contribution in [1.82, 2.24) is 5.06 Å². The van der Waals surface area contributed by atoms with Gasteiger partial charge in [-0.1, -0.05) is 211 Å². The summed E-state index contributed by atoms with van der Waals surface area (Å²) in [6.07, 6.45) is 20.4. The van der Waals surface area contributed by atoms with Gasteiger partial charge in [0.1, 0.15) is 23.0 Å². The maximum absolute atomic E-state index is 13.8. The molecule has 10 heteroatoms. The molecule has 0 saturated heterocycles. The van der Waals surface area contributed by atoms with E-state index in [2.05, 4.69) is 108 Å². The summed E-state index contributed by atoms with van der Waals surface area (Å²) in [5.41, 5.74) is 8.83. The molecule has 0 spiro atoms. The number of nitrogens with one attached hydrogen (secondary N) is 2. The standard InChI is InChI=1S/C70H109N3O7/c1-17-19-21-23-25-27-29-31-37-79-65-49(3)39-55(71-61(74)35-33-51-41-57(67(5,6)7)63(76)58(42-51)68(8,9)10)45-53(65)47-73(78)48-54-46-56(40-50(4)66(54)80-38-32-30-28-26-24-22-20-18-2)72-62(75)36-34-52-43-59(69(11,12)13)64(77)60(44-52)70(14,15)16/h39-46,76-78H,17-38,47-48H2,1-16H3,(H,71,74)(H,72,75). The number of phenolic OH excluding ortho intramolecular Hbond substituents is 2. The number of unbranched alkanes of at least 4 members (excludes halogenated alkanes) is 14. The van der Waals surface area contributed by atoms with Gasteiger partial charge in [0.15, 0.2) is 0 Å². The quantitative estimate of drug-likeness (QED) is 0.0241. The van der Waals surface area contributed by atoms with E-state index in [-0.39, 0.29) is 59.4 Å². The summed E-state index contributed by atoms with van der Waals surface area (Å²) in [6.45, 7) is 34.9. The number of amides is 2. The lowest BCUT2D eigenvalue weighted by Crippen LogP contribution is -2.21. The fourth-order valence-corrected chi connectivity index (χ4v) is 10.7. The molecule has 0 unspecified atom stereocenters. The zero-order chi connectivity index (χ0) is 59.4. The van der Waals surface area contributed by atoms with Gasteiger partial charge in [0.2, 0.25) is 11.8 Å². The van der Waals surface area contributed by atoms with Crippen LogP contribution in [0.4, 0.5) is 11.4 Å². The number of rotatable bonds is 32. The maximum atomic E-state index is 13.8. The number of nitrogens with zero attached hydrogens (tertiary/aromatic N) is 1. The molecule has 80 heavy (non-hydrogen) atoms. The Hall–Kier alpha value is -5.06. The SMILES string of the molecule is CCCCCCCCCCOc1c(C)cc(NC(=O)CCc2cc(C(C)(C)C)c(O)c(C(C)(C)C)c2)cc1CN(O)Cc1cc(NC(=O)CCc2cc(C(C)(C)C)c(O)c(C(C)(C)C)c2)cc(C)c1OCCCCCCCCCC. The Morgan fingerprint density at radius 2 is 0.738 bits per heavy atom. The first-order chi connectivity index (χ1) is 37.5. The number of phenols is 2. The molecule has 446 valence electrons. The van der Waals surface area contributed by atoms with Crippen LogP contribution in [-0.4, -0.2) is 45.5 Å². The van der Waals surface area contributed by atoms with E-state index < -0.39 is 0 Å². The second-order valence-corrected chi connectivity index (χ2v) is 27.2. The van der Waals surface area contributed by atoms with Crippen LogP contribution in [0.25, 0.3) is 0 Å². The second-order valence-electron chi connectivity index (χ2n) is 27.2. The van der Waals surface area contributed by atoms with Gasteiger partial charge in [0.05, 0.1) is 26.3 Å². The third kappa shape index (κ3) is 22.0. The third-order valence-corrected chi connectivity index (χ3v) is 15.3. The van der Waals surface area contributed by atoms with E-state index in [9.17, 15) is 25.0 Å². The highest BCUT2D eigenvalue weighted by atomic mass is 16.5. The largest absolute Gasteiger partial charge is 0.507 e. The lowest BCUT2D eigenvalue weighted by molar-refractivity contribution is -0.117. The molecular weight excluding hydrogens is 995 g/mol. The van der Waals surface area contributed by atoms with Gasteiger partial charge >= 0.3 is 0 Å². The van der Waals surface area contributed by atoms with Crippen molar-refractivity contribution in [2.45, 2.75) is 274 Å². The average molecular weight is 1100 g/mol. The minimum Gasteiger partial charge on any atom is -0.507 e. The Morgan fingerprint density at radius 3 is 1.02 bits per heavy atom. The minimum absolute atomic E-state index is 0.100. The summed E-state index contributed by atoms with van der Waals surface area (Å²) in [5, 5.41) is 42.3. The number of ether oxygens (including phenoxy) is 2. The van der Waals surface area contributed by atoms with Crippen LogP contribution in [0.2, 0.25) is 0 Å². The predicted molar refractivity (Wildman–Crippen MR) is 335 cm³/mol. The summed E-state index contributed by atoms with van der Waals surface area (Å²) in [4.78, 5) is 27.7. The highest BCUT2D eigenvalue weighted by Gasteiger charge is 2.29. The van der Waals surface area contributed by atoms with Gasteiger partial charge in [-0.05, 0) is 130 Å². The molecule has 10 nitrogen and oxygen atoms in total. The maximum Gasteiger partial charge on any atom is 0.224 e. The molecule has 2 amide bonds. The van der Waals surface area contributed by atoms with E-state index >= 15 is 0 Å². The van der Waals surface area contributed by atoms with E-state index in [1.54, 1.807) is 0 Å². The molecule has 0 saturated carbocycles. The number of hydrogen-bond acceptors (Lipinski definition) is 8. The first-order valence-corrected chi connectivity index (χ1v) is 30.8. The molecule has 0 heterocycles. The van der Waals surface area contributed by atoms with Crippen LogP contribution < -0.4 is 20.1 Å². The van der Waals surface area contributed by atoms with Crippen molar-refractivity contribution in [3.63, 3.8) is 0 Å². The number of aromatic hydroxyl groups is 2. The number of hydrogen-bond donors (Lipinski definition) is 5. The molecule has 4 rings (SSSR count). The van der Waals surface area contributed by atoms with Crippen molar-refractivity contribution < 1.29 is 34.5 Å². The molecule has 0 fully saturated rings.